The molecule has 0 spiro atoms. The van der Waals surface area contributed by atoms with Crippen LogP contribution in [0.15, 0.2) is 42.5 Å². The van der Waals surface area contributed by atoms with Crippen molar-refractivity contribution in [2.75, 3.05) is 14.2 Å². The first-order valence-electron chi connectivity index (χ1n) is 7.93. The summed E-state index contributed by atoms with van der Waals surface area (Å²) in [5.41, 5.74) is 8.73. The Bertz CT molecular complexity index is 934. The zero-order chi connectivity index (χ0) is 18.0. The SMILES string of the molecule is COc1cc2cc(Cc3ccc(C(N)=O)cc3)nc(C)c2cc1OC. The lowest BCUT2D eigenvalue weighted by Crippen LogP contribution is -2.10. The molecule has 1 aromatic heterocycles. The van der Waals surface area contributed by atoms with E-state index >= 15 is 0 Å². The number of carbonyl (C=O) groups excluding carboxylic acids is 1. The Labute approximate surface area is 146 Å². The van der Waals surface area contributed by atoms with Crippen LogP contribution in [-0.4, -0.2) is 25.1 Å². The van der Waals surface area contributed by atoms with Gasteiger partial charge >= 0.3 is 0 Å². The fourth-order valence-corrected chi connectivity index (χ4v) is 2.90. The van der Waals surface area contributed by atoms with Crippen molar-refractivity contribution in [3.8, 4) is 11.5 Å². The van der Waals surface area contributed by atoms with Crippen molar-refractivity contribution >= 4 is 16.7 Å². The number of primary amides is 1. The van der Waals surface area contributed by atoms with Gasteiger partial charge in [-0.1, -0.05) is 12.1 Å². The third kappa shape index (κ3) is 3.40. The summed E-state index contributed by atoms with van der Waals surface area (Å²) < 4.78 is 10.8. The number of aryl methyl sites for hydroxylation is 1. The van der Waals surface area contributed by atoms with Gasteiger partial charge in [0.25, 0.3) is 0 Å². The number of rotatable bonds is 5. The van der Waals surface area contributed by atoms with E-state index in [1.165, 1.54) is 0 Å². The second kappa shape index (κ2) is 6.81. The maximum atomic E-state index is 11.2. The molecule has 0 fully saturated rings. The van der Waals surface area contributed by atoms with Crippen molar-refractivity contribution in [2.45, 2.75) is 13.3 Å². The summed E-state index contributed by atoms with van der Waals surface area (Å²) >= 11 is 0. The molecule has 0 bridgehead atoms. The molecule has 0 unspecified atom stereocenters. The second-order valence-electron chi connectivity index (χ2n) is 5.87. The van der Waals surface area contributed by atoms with E-state index in [0.29, 0.717) is 23.5 Å². The molecule has 0 saturated carbocycles. The normalized spacial score (nSPS) is 10.7. The lowest BCUT2D eigenvalue weighted by molar-refractivity contribution is 0.100. The van der Waals surface area contributed by atoms with Gasteiger partial charge in [0, 0.05) is 28.8 Å². The van der Waals surface area contributed by atoms with E-state index in [1.807, 2.05) is 37.3 Å². The van der Waals surface area contributed by atoms with Crippen LogP contribution in [0.1, 0.15) is 27.3 Å². The minimum absolute atomic E-state index is 0.424. The molecule has 25 heavy (non-hydrogen) atoms. The molecule has 0 radical (unpaired) electrons. The smallest absolute Gasteiger partial charge is 0.248 e. The molecular formula is C20H20N2O3. The first-order valence-corrected chi connectivity index (χ1v) is 7.93. The van der Waals surface area contributed by atoms with Crippen LogP contribution in [0.3, 0.4) is 0 Å². The van der Waals surface area contributed by atoms with E-state index in [1.54, 1.807) is 26.4 Å². The fraction of sp³-hybridized carbons (Fsp3) is 0.200. The van der Waals surface area contributed by atoms with Crippen LogP contribution in [0.5, 0.6) is 11.5 Å². The molecule has 1 heterocycles. The van der Waals surface area contributed by atoms with Crippen molar-refractivity contribution in [3.05, 3.63) is 65.0 Å². The number of pyridine rings is 1. The Morgan fingerprint density at radius 3 is 2.28 bits per heavy atom. The maximum absolute atomic E-state index is 11.2. The Hall–Kier alpha value is -3.08. The number of hydrogen-bond acceptors (Lipinski definition) is 4. The average Bonchev–Trinajstić information content (AvgIpc) is 2.61. The minimum Gasteiger partial charge on any atom is -0.493 e. The van der Waals surface area contributed by atoms with E-state index < -0.39 is 5.91 Å². The summed E-state index contributed by atoms with van der Waals surface area (Å²) in [7, 11) is 3.25. The van der Waals surface area contributed by atoms with Crippen molar-refractivity contribution in [2.24, 2.45) is 5.73 Å². The van der Waals surface area contributed by atoms with Crippen LogP contribution in [0, 0.1) is 6.92 Å². The van der Waals surface area contributed by atoms with Crippen LogP contribution in [0.4, 0.5) is 0 Å². The highest BCUT2D eigenvalue weighted by atomic mass is 16.5. The summed E-state index contributed by atoms with van der Waals surface area (Å²) in [5.74, 6) is 0.958. The maximum Gasteiger partial charge on any atom is 0.248 e. The molecule has 3 aromatic rings. The van der Waals surface area contributed by atoms with Gasteiger partial charge < -0.3 is 15.2 Å². The summed E-state index contributed by atoms with van der Waals surface area (Å²) in [6, 6.07) is 13.2. The van der Waals surface area contributed by atoms with Crippen molar-refractivity contribution in [1.29, 1.82) is 0 Å². The van der Waals surface area contributed by atoms with Crippen LogP contribution in [0.25, 0.3) is 10.8 Å². The fourth-order valence-electron chi connectivity index (χ4n) is 2.90. The largest absolute Gasteiger partial charge is 0.493 e. The number of amides is 1. The highest BCUT2D eigenvalue weighted by Gasteiger charge is 2.10. The van der Waals surface area contributed by atoms with Crippen molar-refractivity contribution in [1.82, 2.24) is 4.98 Å². The van der Waals surface area contributed by atoms with Crippen LogP contribution in [0.2, 0.25) is 0 Å². The molecule has 0 atom stereocenters. The minimum atomic E-state index is -0.424. The number of nitrogens with two attached hydrogens (primary N) is 1. The zero-order valence-corrected chi connectivity index (χ0v) is 14.5. The molecule has 2 N–H and O–H groups in total. The summed E-state index contributed by atoms with van der Waals surface area (Å²) in [6.45, 7) is 1.98. The van der Waals surface area contributed by atoms with Crippen molar-refractivity contribution in [3.63, 3.8) is 0 Å². The molecule has 5 heteroatoms. The van der Waals surface area contributed by atoms with Gasteiger partial charge in [0.2, 0.25) is 5.91 Å². The topological polar surface area (TPSA) is 74.4 Å². The third-order valence-electron chi connectivity index (χ3n) is 4.20. The van der Waals surface area contributed by atoms with E-state index in [9.17, 15) is 4.79 Å². The van der Waals surface area contributed by atoms with Gasteiger partial charge in [0.1, 0.15) is 0 Å². The molecule has 128 valence electrons. The lowest BCUT2D eigenvalue weighted by atomic mass is 10.0. The number of ether oxygens (including phenoxy) is 2. The monoisotopic (exact) mass is 336 g/mol. The van der Waals surface area contributed by atoms with E-state index in [4.69, 9.17) is 20.2 Å². The van der Waals surface area contributed by atoms with Gasteiger partial charge in [0.05, 0.1) is 14.2 Å². The highest BCUT2D eigenvalue weighted by molar-refractivity contribution is 5.92. The highest BCUT2D eigenvalue weighted by Crippen LogP contribution is 2.33. The summed E-state index contributed by atoms with van der Waals surface area (Å²) in [5, 5.41) is 2.08. The van der Waals surface area contributed by atoms with Gasteiger partial charge in [0.15, 0.2) is 11.5 Å². The van der Waals surface area contributed by atoms with E-state index in [-0.39, 0.29) is 0 Å². The van der Waals surface area contributed by atoms with Gasteiger partial charge in [-0.3, -0.25) is 9.78 Å². The molecule has 0 aliphatic carbocycles. The molecule has 0 aliphatic rings. The molecule has 1 amide bonds. The summed E-state index contributed by atoms with van der Waals surface area (Å²) in [4.78, 5) is 15.9. The van der Waals surface area contributed by atoms with Crippen LogP contribution < -0.4 is 15.2 Å². The first-order chi connectivity index (χ1) is 12.0. The number of benzene rings is 2. The van der Waals surface area contributed by atoms with Gasteiger partial charge in [-0.25, -0.2) is 0 Å². The van der Waals surface area contributed by atoms with E-state index in [2.05, 4.69) is 0 Å². The number of fused-ring (bicyclic) bond motifs is 1. The Kier molecular flexibility index (Phi) is 4.57. The molecular weight excluding hydrogens is 316 g/mol. The Morgan fingerprint density at radius 2 is 1.68 bits per heavy atom. The number of hydrogen-bond donors (Lipinski definition) is 1. The van der Waals surface area contributed by atoms with Gasteiger partial charge in [-0.2, -0.15) is 0 Å². The van der Waals surface area contributed by atoms with Crippen LogP contribution in [-0.2, 0) is 6.42 Å². The zero-order valence-electron chi connectivity index (χ0n) is 14.5. The Morgan fingerprint density at radius 1 is 1.04 bits per heavy atom. The number of nitrogens with zero attached hydrogens (tertiary/aromatic N) is 1. The predicted octanol–water partition coefficient (Wildman–Crippen LogP) is 3.25. The molecule has 0 saturated heterocycles. The van der Waals surface area contributed by atoms with Crippen molar-refractivity contribution < 1.29 is 14.3 Å². The average molecular weight is 336 g/mol. The molecule has 3 rings (SSSR count). The number of carbonyl (C=O) groups is 1. The van der Waals surface area contributed by atoms with Gasteiger partial charge in [-0.05, 0) is 48.2 Å². The molecule has 2 aromatic carbocycles. The first kappa shape index (κ1) is 16.8. The standard InChI is InChI=1S/C20H20N2O3/c1-12-17-11-19(25-3)18(24-2)10-15(17)9-16(22-12)8-13-4-6-14(7-5-13)20(21)23/h4-7,9-11H,8H2,1-3H3,(H2,21,23). The molecule has 5 nitrogen and oxygen atoms in total. The predicted molar refractivity (Wildman–Crippen MR) is 97.3 cm³/mol. The quantitative estimate of drug-likeness (QED) is 0.776. The second-order valence-corrected chi connectivity index (χ2v) is 5.87. The Balaban J connectivity index is 1.98. The third-order valence-corrected chi connectivity index (χ3v) is 4.20. The summed E-state index contributed by atoms with van der Waals surface area (Å²) in [6.07, 6.45) is 0.671. The molecule has 0 aliphatic heterocycles. The number of methoxy groups -OCH3 is 2. The number of aromatic nitrogens is 1. The lowest BCUT2D eigenvalue weighted by Gasteiger charge is -2.12. The van der Waals surface area contributed by atoms with Crippen LogP contribution >= 0.6 is 0 Å². The van der Waals surface area contributed by atoms with E-state index in [0.717, 1.165) is 27.7 Å². The van der Waals surface area contributed by atoms with Gasteiger partial charge in [-0.15, -0.1) is 0 Å².